The van der Waals surface area contributed by atoms with Crippen LogP contribution >= 0.6 is 11.6 Å². The molecule has 1 saturated carbocycles. The summed E-state index contributed by atoms with van der Waals surface area (Å²) in [5, 5.41) is 3.13. The molecule has 0 aromatic heterocycles. The van der Waals surface area contributed by atoms with Gasteiger partial charge in [-0.25, -0.2) is 0 Å². The molecule has 0 aliphatic heterocycles. The van der Waals surface area contributed by atoms with Crippen LogP contribution in [0.2, 0.25) is 0 Å². The van der Waals surface area contributed by atoms with Crippen molar-refractivity contribution >= 4 is 17.5 Å². The predicted molar refractivity (Wildman–Crippen MR) is 68.8 cm³/mol. The summed E-state index contributed by atoms with van der Waals surface area (Å²) in [6.45, 7) is 4.17. The van der Waals surface area contributed by atoms with E-state index < -0.39 is 0 Å². The van der Waals surface area contributed by atoms with Crippen LogP contribution in [-0.4, -0.2) is 17.8 Å². The first kappa shape index (κ1) is 13.8. The second-order valence-electron chi connectivity index (χ2n) is 5.33. The maximum atomic E-state index is 12.1. The molecule has 0 heterocycles. The second kappa shape index (κ2) is 6.48. The Balaban J connectivity index is 2.38. The van der Waals surface area contributed by atoms with E-state index in [-0.39, 0.29) is 17.4 Å². The maximum absolute atomic E-state index is 12.1. The van der Waals surface area contributed by atoms with Gasteiger partial charge < -0.3 is 5.32 Å². The Morgan fingerprint density at radius 3 is 2.56 bits per heavy atom. The smallest absolute Gasteiger partial charge is 0.226 e. The molecule has 16 heavy (non-hydrogen) atoms. The number of carbonyl (C=O) groups is 1. The number of nitrogens with one attached hydrogen (secondary N) is 1. The van der Waals surface area contributed by atoms with Gasteiger partial charge in [0.15, 0.2) is 0 Å². The Hall–Kier alpha value is -0.240. The minimum Gasteiger partial charge on any atom is -0.353 e. The first-order valence-electron chi connectivity index (χ1n) is 6.45. The van der Waals surface area contributed by atoms with Gasteiger partial charge in [0.05, 0.1) is 0 Å². The fraction of sp³-hybridized carbons (Fsp3) is 0.923. The summed E-state index contributed by atoms with van der Waals surface area (Å²) >= 11 is 5.65. The van der Waals surface area contributed by atoms with Gasteiger partial charge in [-0.3, -0.25) is 4.79 Å². The molecular formula is C13H24ClNO. The highest BCUT2D eigenvalue weighted by Gasteiger charge is 2.34. The van der Waals surface area contributed by atoms with Crippen LogP contribution in [0.3, 0.4) is 0 Å². The largest absolute Gasteiger partial charge is 0.353 e. The molecule has 0 aromatic rings. The average molecular weight is 246 g/mol. The van der Waals surface area contributed by atoms with E-state index in [0.29, 0.717) is 5.88 Å². The zero-order valence-electron chi connectivity index (χ0n) is 10.5. The number of hydrogen-bond acceptors (Lipinski definition) is 1. The molecule has 1 fully saturated rings. The van der Waals surface area contributed by atoms with Crippen molar-refractivity contribution in [1.29, 1.82) is 0 Å². The second-order valence-corrected chi connectivity index (χ2v) is 5.71. The summed E-state index contributed by atoms with van der Waals surface area (Å²) in [7, 11) is 0. The Kier molecular flexibility index (Phi) is 5.60. The lowest BCUT2D eigenvalue weighted by Gasteiger charge is -2.33. The topological polar surface area (TPSA) is 29.1 Å². The maximum Gasteiger partial charge on any atom is 0.226 e. The zero-order valence-corrected chi connectivity index (χ0v) is 11.3. The molecule has 3 heteroatoms. The van der Waals surface area contributed by atoms with E-state index in [2.05, 4.69) is 19.2 Å². The van der Waals surface area contributed by atoms with Gasteiger partial charge in [0, 0.05) is 17.3 Å². The monoisotopic (exact) mass is 245 g/mol. The highest BCUT2D eigenvalue weighted by molar-refractivity contribution is 6.17. The van der Waals surface area contributed by atoms with Gasteiger partial charge in [0.2, 0.25) is 5.91 Å². The molecule has 1 unspecified atom stereocenters. The van der Waals surface area contributed by atoms with Crippen LogP contribution < -0.4 is 5.32 Å². The Bertz CT molecular complexity index is 224. The first-order valence-corrected chi connectivity index (χ1v) is 6.99. The van der Waals surface area contributed by atoms with E-state index >= 15 is 0 Å². The number of hydrogen-bond donors (Lipinski definition) is 1. The van der Waals surface area contributed by atoms with E-state index in [1.54, 1.807) is 0 Å². The van der Waals surface area contributed by atoms with Gasteiger partial charge in [-0.1, -0.05) is 26.2 Å². The van der Waals surface area contributed by atoms with Crippen molar-refractivity contribution in [3.05, 3.63) is 0 Å². The minimum atomic E-state index is -0.118. The third-order valence-corrected chi connectivity index (χ3v) is 3.92. The van der Waals surface area contributed by atoms with E-state index in [1.807, 2.05) is 0 Å². The Labute approximate surface area is 104 Å². The number of rotatable bonds is 5. The SMILES string of the molecule is CC(CCCCl)NC(=O)C1(C)CCCCC1. The quantitative estimate of drug-likeness (QED) is 0.739. The van der Waals surface area contributed by atoms with Crippen LogP contribution in [0.1, 0.15) is 58.8 Å². The van der Waals surface area contributed by atoms with Gasteiger partial charge >= 0.3 is 0 Å². The molecule has 94 valence electrons. The molecule has 0 saturated heterocycles. The van der Waals surface area contributed by atoms with Gasteiger partial charge in [0.1, 0.15) is 0 Å². The van der Waals surface area contributed by atoms with Crippen LogP contribution in [-0.2, 0) is 4.79 Å². The predicted octanol–water partition coefficient (Wildman–Crippen LogP) is 3.48. The van der Waals surface area contributed by atoms with Crippen molar-refractivity contribution in [2.75, 3.05) is 5.88 Å². The van der Waals surface area contributed by atoms with Crippen LogP contribution in [0, 0.1) is 5.41 Å². The lowest BCUT2D eigenvalue weighted by molar-refractivity contribution is -0.132. The molecule has 1 aliphatic carbocycles. The summed E-state index contributed by atoms with van der Waals surface area (Å²) in [5.41, 5.74) is -0.118. The normalized spacial score (nSPS) is 21.4. The summed E-state index contributed by atoms with van der Waals surface area (Å²) in [4.78, 5) is 12.1. The molecule has 1 N–H and O–H groups in total. The van der Waals surface area contributed by atoms with Gasteiger partial charge in [0.25, 0.3) is 0 Å². The van der Waals surface area contributed by atoms with Crippen molar-refractivity contribution < 1.29 is 4.79 Å². The highest BCUT2D eigenvalue weighted by Crippen LogP contribution is 2.35. The molecule has 2 nitrogen and oxygen atoms in total. The van der Waals surface area contributed by atoms with Gasteiger partial charge in [-0.2, -0.15) is 0 Å². The molecule has 0 spiro atoms. The van der Waals surface area contributed by atoms with E-state index in [0.717, 1.165) is 25.7 Å². The molecular weight excluding hydrogens is 222 g/mol. The number of amides is 1. The fourth-order valence-electron chi connectivity index (χ4n) is 2.41. The van der Waals surface area contributed by atoms with Crippen LogP contribution in [0.4, 0.5) is 0 Å². The van der Waals surface area contributed by atoms with Crippen molar-refractivity contribution in [1.82, 2.24) is 5.32 Å². The number of alkyl halides is 1. The Morgan fingerprint density at radius 2 is 2.00 bits per heavy atom. The van der Waals surface area contributed by atoms with Crippen molar-refractivity contribution in [2.45, 2.75) is 64.8 Å². The van der Waals surface area contributed by atoms with E-state index in [1.165, 1.54) is 19.3 Å². The summed E-state index contributed by atoms with van der Waals surface area (Å²) in [6.07, 6.45) is 7.71. The average Bonchev–Trinajstić information content (AvgIpc) is 2.27. The number of halogens is 1. The van der Waals surface area contributed by atoms with Crippen LogP contribution in [0.25, 0.3) is 0 Å². The van der Waals surface area contributed by atoms with E-state index in [9.17, 15) is 4.79 Å². The van der Waals surface area contributed by atoms with Crippen molar-refractivity contribution in [2.24, 2.45) is 5.41 Å². The number of carbonyl (C=O) groups excluding carboxylic acids is 1. The Morgan fingerprint density at radius 1 is 1.38 bits per heavy atom. The molecule has 1 rings (SSSR count). The van der Waals surface area contributed by atoms with Crippen molar-refractivity contribution in [3.63, 3.8) is 0 Å². The fourth-order valence-corrected chi connectivity index (χ4v) is 2.57. The molecule has 0 radical (unpaired) electrons. The lowest BCUT2D eigenvalue weighted by atomic mass is 9.75. The van der Waals surface area contributed by atoms with E-state index in [4.69, 9.17) is 11.6 Å². The van der Waals surface area contributed by atoms with Crippen LogP contribution in [0.5, 0.6) is 0 Å². The van der Waals surface area contributed by atoms with Gasteiger partial charge in [-0.15, -0.1) is 11.6 Å². The highest BCUT2D eigenvalue weighted by atomic mass is 35.5. The first-order chi connectivity index (χ1) is 7.58. The van der Waals surface area contributed by atoms with Crippen molar-refractivity contribution in [3.8, 4) is 0 Å². The van der Waals surface area contributed by atoms with Gasteiger partial charge in [-0.05, 0) is 32.6 Å². The summed E-state index contributed by atoms with van der Waals surface area (Å²) in [6, 6.07) is 0.255. The summed E-state index contributed by atoms with van der Waals surface area (Å²) < 4.78 is 0. The standard InChI is InChI=1S/C13H24ClNO/c1-11(7-6-10-14)15-12(16)13(2)8-4-3-5-9-13/h11H,3-10H2,1-2H3,(H,15,16). The molecule has 0 bridgehead atoms. The molecule has 1 amide bonds. The third-order valence-electron chi connectivity index (χ3n) is 3.65. The minimum absolute atomic E-state index is 0.118. The lowest BCUT2D eigenvalue weighted by Crippen LogP contribution is -2.44. The summed E-state index contributed by atoms with van der Waals surface area (Å²) in [5.74, 6) is 0.923. The molecule has 0 aromatic carbocycles. The zero-order chi connectivity index (χ0) is 12.0. The molecule has 1 atom stereocenters. The molecule has 1 aliphatic rings. The third kappa shape index (κ3) is 3.97. The van der Waals surface area contributed by atoms with Crippen LogP contribution in [0.15, 0.2) is 0 Å².